The summed E-state index contributed by atoms with van der Waals surface area (Å²) in [5.41, 5.74) is 0.679. The van der Waals surface area contributed by atoms with Gasteiger partial charge in [0.25, 0.3) is 11.6 Å². The summed E-state index contributed by atoms with van der Waals surface area (Å²) in [6.07, 6.45) is 2.92. The first-order valence-corrected chi connectivity index (χ1v) is 7.42. The van der Waals surface area contributed by atoms with Gasteiger partial charge in [0.05, 0.1) is 10.5 Å². The fourth-order valence-electron chi connectivity index (χ4n) is 2.92. The second-order valence-corrected chi connectivity index (χ2v) is 5.19. The first kappa shape index (κ1) is 15.3. The van der Waals surface area contributed by atoms with Crippen molar-refractivity contribution in [1.29, 1.82) is 0 Å². The maximum atomic E-state index is 12.8. The third-order valence-corrected chi connectivity index (χ3v) is 3.93. The van der Waals surface area contributed by atoms with E-state index in [0.717, 1.165) is 25.8 Å². The Kier molecular flexibility index (Phi) is 4.77. The highest BCUT2D eigenvalue weighted by Crippen LogP contribution is 2.31. The zero-order chi connectivity index (χ0) is 15.4. The fourth-order valence-corrected chi connectivity index (χ4v) is 2.92. The molecule has 1 aromatic carbocycles. The highest BCUT2D eigenvalue weighted by molar-refractivity contribution is 6.02. The van der Waals surface area contributed by atoms with Crippen molar-refractivity contribution in [2.75, 3.05) is 18.4 Å². The molecule has 0 radical (unpaired) electrons. The molecule has 0 aliphatic carbocycles. The van der Waals surface area contributed by atoms with E-state index in [2.05, 4.69) is 12.2 Å². The largest absolute Gasteiger partial charge is 0.379 e. The molecular weight excluding hydrogens is 270 g/mol. The summed E-state index contributed by atoms with van der Waals surface area (Å²) in [6.45, 7) is 5.18. The maximum Gasteiger partial charge on any atom is 0.293 e. The van der Waals surface area contributed by atoms with Gasteiger partial charge in [-0.25, -0.2) is 0 Å². The van der Waals surface area contributed by atoms with E-state index < -0.39 is 4.92 Å². The summed E-state index contributed by atoms with van der Waals surface area (Å²) in [5, 5.41) is 14.1. The van der Waals surface area contributed by atoms with Gasteiger partial charge in [0.2, 0.25) is 0 Å². The van der Waals surface area contributed by atoms with Crippen molar-refractivity contribution >= 4 is 17.3 Å². The van der Waals surface area contributed by atoms with Gasteiger partial charge in [-0.2, -0.15) is 0 Å². The van der Waals surface area contributed by atoms with E-state index in [9.17, 15) is 14.9 Å². The first-order valence-electron chi connectivity index (χ1n) is 7.42. The average molecular weight is 291 g/mol. The van der Waals surface area contributed by atoms with Gasteiger partial charge in [0.1, 0.15) is 5.69 Å². The lowest BCUT2D eigenvalue weighted by Gasteiger charge is -2.24. The summed E-state index contributed by atoms with van der Waals surface area (Å²) in [5.74, 6) is -0.112. The van der Waals surface area contributed by atoms with Crippen molar-refractivity contribution in [3.05, 3.63) is 33.9 Å². The van der Waals surface area contributed by atoms with Crippen LogP contribution in [-0.4, -0.2) is 34.9 Å². The fraction of sp³-hybridized carbons (Fsp3) is 0.533. The Morgan fingerprint density at radius 1 is 1.48 bits per heavy atom. The van der Waals surface area contributed by atoms with E-state index in [-0.39, 0.29) is 17.6 Å². The molecule has 1 atom stereocenters. The lowest BCUT2D eigenvalue weighted by Crippen LogP contribution is -2.35. The lowest BCUT2D eigenvalue weighted by atomic mass is 10.1. The van der Waals surface area contributed by atoms with Crippen LogP contribution in [-0.2, 0) is 0 Å². The molecule has 1 amide bonds. The van der Waals surface area contributed by atoms with E-state index in [1.807, 2.05) is 11.8 Å². The number of carbonyl (C=O) groups excluding carboxylic acids is 1. The third kappa shape index (κ3) is 2.99. The molecule has 1 unspecified atom stereocenters. The molecule has 1 saturated heterocycles. The van der Waals surface area contributed by atoms with Crippen molar-refractivity contribution in [2.45, 2.75) is 39.2 Å². The van der Waals surface area contributed by atoms with Gasteiger partial charge >= 0.3 is 0 Å². The van der Waals surface area contributed by atoms with Crippen LogP contribution in [0.25, 0.3) is 0 Å². The van der Waals surface area contributed by atoms with Crippen LogP contribution in [0.4, 0.5) is 11.4 Å². The Labute approximate surface area is 124 Å². The highest BCUT2D eigenvalue weighted by atomic mass is 16.6. The molecule has 1 aliphatic rings. The number of anilines is 1. The number of hydrogen-bond acceptors (Lipinski definition) is 4. The van der Waals surface area contributed by atoms with E-state index in [0.29, 0.717) is 17.8 Å². The van der Waals surface area contributed by atoms with E-state index >= 15 is 0 Å². The summed E-state index contributed by atoms with van der Waals surface area (Å²) in [6, 6.07) is 4.91. The number of nitro groups is 1. The maximum absolute atomic E-state index is 12.8. The Balaban J connectivity index is 2.40. The zero-order valence-electron chi connectivity index (χ0n) is 12.5. The number of nitrogens with zero attached hydrogens (tertiary/aromatic N) is 2. The SMILES string of the molecule is CCNc1c(C(=O)N2CCCC2CC)cccc1[N+](=O)[O-]. The van der Waals surface area contributed by atoms with Gasteiger partial charge in [0, 0.05) is 25.2 Å². The number of para-hydroxylation sites is 1. The number of nitro benzene ring substituents is 1. The molecule has 21 heavy (non-hydrogen) atoms. The number of nitrogens with one attached hydrogen (secondary N) is 1. The quantitative estimate of drug-likeness (QED) is 0.668. The summed E-state index contributed by atoms with van der Waals surface area (Å²) in [7, 11) is 0. The normalized spacial score (nSPS) is 17.8. The number of amides is 1. The molecule has 1 fully saturated rings. The van der Waals surface area contributed by atoms with Crippen LogP contribution >= 0.6 is 0 Å². The standard InChI is InChI=1S/C15H21N3O3/c1-3-11-7-6-10-17(11)15(19)12-8-5-9-13(18(20)21)14(12)16-4-2/h5,8-9,11,16H,3-4,6-7,10H2,1-2H3. The molecular formula is C15H21N3O3. The molecule has 6 heteroatoms. The molecule has 1 N–H and O–H groups in total. The molecule has 0 saturated carbocycles. The van der Waals surface area contributed by atoms with Crippen LogP contribution in [0.15, 0.2) is 18.2 Å². The van der Waals surface area contributed by atoms with E-state index in [4.69, 9.17) is 0 Å². The summed E-state index contributed by atoms with van der Waals surface area (Å²) < 4.78 is 0. The first-order chi connectivity index (χ1) is 10.1. The predicted molar refractivity (Wildman–Crippen MR) is 81.6 cm³/mol. The Morgan fingerprint density at radius 2 is 2.24 bits per heavy atom. The Bertz CT molecular complexity index is 545. The summed E-state index contributed by atoms with van der Waals surface area (Å²) >= 11 is 0. The Hall–Kier alpha value is -2.11. The van der Waals surface area contributed by atoms with Gasteiger partial charge in [-0.3, -0.25) is 14.9 Å². The molecule has 0 bridgehead atoms. The van der Waals surface area contributed by atoms with Gasteiger partial charge < -0.3 is 10.2 Å². The van der Waals surface area contributed by atoms with Gasteiger partial charge in [-0.1, -0.05) is 13.0 Å². The minimum atomic E-state index is -0.448. The van der Waals surface area contributed by atoms with Crippen LogP contribution in [0.3, 0.4) is 0 Å². The van der Waals surface area contributed by atoms with Crippen LogP contribution in [0, 0.1) is 10.1 Å². The molecule has 114 valence electrons. The number of rotatable bonds is 5. The highest BCUT2D eigenvalue weighted by Gasteiger charge is 2.31. The second-order valence-electron chi connectivity index (χ2n) is 5.19. The van der Waals surface area contributed by atoms with Gasteiger partial charge in [-0.15, -0.1) is 0 Å². The number of benzene rings is 1. The minimum absolute atomic E-state index is 0.0463. The molecule has 1 aliphatic heterocycles. The number of carbonyl (C=O) groups is 1. The third-order valence-electron chi connectivity index (χ3n) is 3.93. The number of likely N-dealkylation sites (tertiary alicyclic amines) is 1. The van der Waals surface area contributed by atoms with Gasteiger partial charge in [0.15, 0.2) is 0 Å². The molecule has 0 spiro atoms. The van der Waals surface area contributed by atoms with Crippen molar-refractivity contribution in [2.24, 2.45) is 0 Å². The van der Waals surface area contributed by atoms with Crippen LogP contribution in [0.1, 0.15) is 43.5 Å². The molecule has 2 rings (SSSR count). The molecule has 1 aromatic rings. The second kappa shape index (κ2) is 6.56. The smallest absolute Gasteiger partial charge is 0.293 e. The Morgan fingerprint density at radius 3 is 2.86 bits per heavy atom. The number of hydrogen-bond donors (Lipinski definition) is 1. The average Bonchev–Trinajstić information content (AvgIpc) is 2.95. The monoisotopic (exact) mass is 291 g/mol. The predicted octanol–water partition coefficient (Wildman–Crippen LogP) is 3.04. The molecule has 6 nitrogen and oxygen atoms in total. The van der Waals surface area contributed by atoms with E-state index in [1.165, 1.54) is 6.07 Å². The van der Waals surface area contributed by atoms with Crippen LogP contribution < -0.4 is 5.32 Å². The zero-order valence-corrected chi connectivity index (χ0v) is 12.5. The van der Waals surface area contributed by atoms with Crippen molar-refractivity contribution in [1.82, 2.24) is 4.90 Å². The van der Waals surface area contributed by atoms with Crippen LogP contribution in [0.5, 0.6) is 0 Å². The van der Waals surface area contributed by atoms with E-state index in [1.54, 1.807) is 12.1 Å². The van der Waals surface area contributed by atoms with Crippen molar-refractivity contribution in [3.8, 4) is 0 Å². The molecule has 0 aromatic heterocycles. The van der Waals surface area contributed by atoms with Gasteiger partial charge in [-0.05, 0) is 32.3 Å². The summed E-state index contributed by atoms with van der Waals surface area (Å²) in [4.78, 5) is 25.3. The van der Waals surface area contributed by atoms with Crippen molar-refractivity contribution < 1.29 is 9.72 Å². The minimum Gasteiger partial charge on any atom is -0.379 e. The van der Waals surface area contributed by atoms with Crippen LogP contribution in [0.2, 0.25) is 0 Å². The van der Waals surface area contributed by atoms with Crippen molar-refractivity contribution in [3.63, 3.8) is 0 Å². The lowest BCUT2D eigenvalue weighted by molar-refractivity contribution is -0.384. The molecule has 1 heterocycles. The topological polar surface area (TPSA) is 75.5 Å².